The van der Waals surface area contributed by atoms with Crippen molar-refractivity contribution in [2.24, 2.45) is 0 Å². The molecule has 1 saturated heterocycles. The first-order chi connectivity index (χ1) is 11.8. The van der Waals surface area contributed by atoms with Gasteiger partial charge in [0.15, 0.2) is 0 Å². The number of amides is 1. The quantitative estimate of drug-likeness (QED) is 0.698. The third kappa shape index (κ3) is 3.08. The van der Waals surface area contributed by atoms with Crippen LogP contribution in [0.25, 0.3) is 10.2 Å². The standard InChI is InChI=1S/C19H20N2O2S/c22-18(11-10-14-6-5-13-23-14)21-12-4-3-8-16(21)19-20-15-7-1-2-9-17(15)24-19/h1-2,5-7,9,13,16H,3-4,8,10-12H2/t16-/m1/s1. The van der Waals surface area contributed by atoms with E-state index in [9.17, 15) is 4.79 Å². The van der Waals surface area contributed by atoms with Crippen molar-refractivity contribution in [3.8, 4) is 0 Å². The SMILES string of the molecule is O=C(CCc1ccco1)N1CCCC[C@@H]1c1nc2ccccc2s1. The second-order valence-corrected chi connectivity index (χ2v) is 7.26. The van der Waals surface area contributed by atoms with Gasteiger partial charge >= 0.3 is 0 Å². The topological polar surface area (TPSA) is 46.3 Å². The van der Waals surface area contributed by atoms with Gasteiger partial charge in [0.05, 0.1) is 22.5 Å². The molecule has 124 valence electrons. The zero-order valence-corrected chi connectivity index (χ0v) is 14.3. The van der Waals surface area contributed by atoms with Crippen LogP contribution in [0.3, 0.4) is 0 Å². The molecular formula is C19H20N2O2S. The highest BCUT2D eigenvalue weighted by atomic mass is 32.1. The molecule has 0 N–H and O–H groups in total. The van der Waals surface area contributed by atoms with E-state index >= 15 is 0 Å². The van der Waals surface area contributed by atoms with Gasteiger partial charge in [-0.05, 0) is 43.5 Å². The van der Waals surface area contributed by atoms with Crippen LogP contribution >= 0.6 is 11.3 Å². The van der Waals surface area contributed by atoms with Crippen LogP contribution in [-0.4, -0.2) is 22.3 Å². The lowest BCUT2D eigenvalue weighted by molar-refractivity contribution is -0.135. The van der Waals surface area contributed by atoms with Gasteiger partial charge in [-0.25, -0.2) is 4.98 Å². The lowest BCUT2D eigenvalue weighted by atomic mass is 10.0. The molecule has 24 heavy (non-hydrogen) atoms. The molecule has 0 aliphatic carbocycles. The summed E-state index contributed by atoms with van der Waals surface area (Å²) in [5.74, 6) is 1.08. The molecule has 0 bridgehead atoms. The number of piperidine rings is 1. The van der Waals surface area contributed by atoms with E-state index in [0.717, 1.165) is 42.1 Å². The first kappa shape index (κ1) is 15.4. The van der Waals surface area contributed by atoms with Crippen molar-refractivity contribution in [2.75, 3.05) is 6.54 Å². The number of carbonyl (C=O) groups is 1. The molecule has 5 heteroatoms. The minimum Gasteiger partial charge on any atom is -0.469 e. The fourth-order valence-electron chi connectivity index (χ4n) is 3.35. The summed E-state index contributed by atoms with van der Waals surface area (Å²) < 4.78 is 6.54. The molecule has 1 fully saturated rings. The Labute approximate surface area is 145 Å². The van der Waals surface area contributed by atoms with E-state index in [1.165, 1.54) is 4.70 Å². The van der Waals surface area contributed by atoms with E-state index in [4.69, 9.17) is 9.40 Å². The molecule has 4 rings (SSSR count). The molecule has 3 aromatic rings. The molecule has 3 heterocycles. The van der Waals surface area contributed by atoms with Crippen molar-refractivity contribution in [1.29, 1.82) is 0 Å². The highest BCUT2D eigenvalue weighted by molar-refractivity contribution is 7.18. The normalized spacial score (nSPS) is 18.2. The van der Waals surface area contributed by atoms with E-state index in [-0.39, 0.29) is 11.9 Å². The van der Waals surface area contributed by atoms with Crippen LogP contribution in [0.1, 0.15) is 42.5 Å². The third-order valence-corrected chi connectivity index (χ3v) is 5.72. The summed E-state index contributed by atoms with van der Waals surface area (Å²) in [6.07, 6.45) is 6.05. The summed E-state index contributed by atoms with van der Waals surface area (Å²) in [6.45, 7) is 0.831. The Balaban J connectivity index is 1.52. The molecule has 1 aliphatic rings. The Kier molecular flexibility index (Phi) is 4.34. The van der Waals surface area contributed by atoms with Crippen LogP contribution in [-0.2, 0) is 11.2 Å². The van der Waals surface area contributed by atoms with Gasteiger partial charge in [0.25, 0.3) is 0 Å². The smallest absolute Gasteiger partial charge is 0.223 e. The highest BCUT2D eigenvalue weighted by Gasteiger charge is 2.30. The number of hydrogen-bond acceptors (Lipinski definition) is 4. The van der Waals surface area contributed by atoms with Crippen molar-refractivity contribution in [3.63, 3.8) is 0 Å². The molecule has 2 aromatic heterocycles. The second kappa shape index (κ2) is 6.77. The van der Waals surface area contributed by atoms with Crippen molar-refractivity contribution in [1.82, 2.24) is 9.88 Å². The van der Waals surface area contributed by atoms with Gasteiger partial charge in [0.2, 0.25) is 5.91 Å². The largest absolute Gasteiger partial charge is 0.469 e. The molecule has 1 aliphatic heterocycles. The Morgan fingerprint density at radius 2 is 2.17 bits per heavy atom. The number of thiazole rings is 1. The maximum Gasteiger partial charge on any atom is 0.223 e. The summed E-state index contributed by atoms with van der Waals surface area (Å²) in [5, 5.41) is 1.07. The Hall–Kier alpha value is -2.14. The number of rotatable bonds is 4. The molecule has 4 nitrogen and oxygen atoms in total. The summed E-state index contributed by atoms with van der Waals surface area (Å²) in [4.78, 5) is 19.6. The Morgan fingerprint density at radius 3 is 3.00 bits per heavy atom. The first-order valence-electron chi connectivity index (χ1n) is 8.48. The summed E-state index contributed by atoms with van der Waals surface area (Å²) in [6, 6.07) is 12.1. The molecule has 1 aromatic carbocycles. The number of hydrogen-bond donors (Lipinski definition) is 0. The van der Waals surface area contributed by atoms with Crippen LogP contribution in [0.4, 0.5) is 0 Å². The number of aromatic nitrogens is 1. The summed E-state index contributed by atoms with van der Waals surface area (Å²) >= 11 is 1.72. The predicted molar refractivity (Wildman–Crippen MR) is 95.0 cm³/mol. The van der Waals surface area contributed by atoms with E-state index < -0.39 is 0 Å². The van der Waals surface area contributed by atoms with E-state index in [0.29, 0.717) is 12.8 Å². The maximum atomic E-state index is 12.8. The molecule has 0 unspecified atom stereocenters. The summed E-state index contributed by atoms with van der Waals surface area (Å²) in [7, 11) is 0. The average molecular weight is 340 g/mol. The van der Waals surface area contributed by atoms with Gasteiger partial charge in [-0.15, -0.1) is 11.3 Å². The number of fused-ring (bicyclic) bond motifs is 1. The minimum atomic E-state index is 0.125. The first-order valence-corrected chi connectivity index (χ1v) is 9.30. The number of benzene rings is 1. The number of para-hydroxylation sites is 1. The Bertz CT molecular complexity index is 792. The average Bonchev–Trinajstić information content (AvgIpc) is 3.29. The predicted octanol–water partition coefficient (Wildman–Crippen LogP) is 4.58. The third-order valence-electron chi connectivity index (χ3n) is 4.58. The number of likely N-dealkylation sites (tertiary alicyclic amines) is 1. The van der Waals surface area contributed by atoms with Gasteiger partial charge < -0.3 is 9.32 Å². The number of furan rings is 1. The Morgan fingerprint density at radius 1 is 1.25 bits per heavy atom. The van der Waals surface area contributed by atoms with Crippen molar-refractivity contribution >= 4 is 27.5 Å². The number of carbonyl (C=O) groups excluding carboxylic acids is 1. The van der Waals surface area contributed by atoms with Gasteiger partial charge in [-0.2, -0.15) is 0 Å². The fraction of sp³-hybridized carbons (Fsp3) is 0.368. The monoisotopic (exact) mass is 340 g/mol. The lowest BCUT2D eigenvalue weighted by Gasteiger charge is -2.34. The zero-order valence-electron chi connectivity index (χ0n) is 13.5. The molecule has 0 saturated carbocycles. The zero-order chi connectivity index (χ0) is 16.4. The van der Waals surface area contributed by atoms with Gasteiger partial charge in [0, 0.05) is 19.4 Å². The molecule has 1 atom stereocenters. The van der Waals surface area contributed by atoms with Crippen LogP contribution in [0.15, 0.2) is 47.1 Å². The van der Waals surface area contributed by atoms with Crippen molar-refractivity contribution < 1.29 is 9.21 Å². The van der Waals surface area contributed by atoms with Crippen molar-refractivity contribution in [3.05, 3.63) is 53.4 Å². The summed E-state index contributed by atoms with van der Waals surface area (Å²) in [5.41, 5.74) is 1.03. The van der Waals surface area contributed by atoms with Gasteiger partial charge in [-0.3, -0.25) is 4.79 Å². The molecule has 1 amide bonds. The van der Waals surface area contributed by atoms with E-state index in [2.05, 4.69) is 6.07 Å². The van der Waals surface area contributed by atoms with Crippen LogP contribution in [0.2, 0.25) is 0 Å². The van der Waals surface area contributed by atoms with Gasteiger partial charge in [0.1, 0.15) is 10.8 Å². The number of aryl methyl sites for hydroxylation is 1. The molecular weight excluding hydrogens is 320 g/mol. The minimum absolute atomic E-state index is 0.125. The van der Waals surface area contributed by atoms with Gasteiger partial charge in [-0.1, -0.05) is 12.1 Å². The van der Waals surface area contributed by atoms with Crippen molar-refractivity contribution in [2.45, 2.75) is 38.1 Å². The second-order valence-electron chi connectivity index (χ2n) is 6.20. The van der Waals surface area contributed by atoms with Crippen LogP contribution in [0.5, 0.6) is 0 Å². The highest BCUT2D eigenvalue weighted by Crippen LogP contribution is 2.36. The molecule has 0 spiro atoms. The van der Waals surface area contributed by atoms with E-state index in [1.54, 1.807) is 17.6 Å². The molecule has 0 radical (unpaired) electrons. The lowest BCUT2D eigenvalue weighted by Crippen LogP contribution is -2.38. The van der Waals surface area contributed by atoms with Crippen LogP contribution in [0, 0.1) is 0 Å². The number of nitrogens with zero attached hydrogens (tertiary/aromatic N) is 2. The fourth-order valence-corrected chi connectivity index (χ4v) is 4.46. The van der Waals surface area contributed by atoms with E-state index in [1.807, 2.05) is 35.2 Å². The maximum absolute atomic E-state index is 12.8. The van der Waals surface area contributed by atoms with Crippen LogP contribution < -0.4 is 0 Å².